The van der Waals surface area contributed by atoms with Crippen LogP contribution in [0.2, 0.25) is 0 Å². The fourth-order valence-electron chi connectivity index (χ4n) is 7.20. The van der Waals surface area contributed by atoms with Gasteiger partial charge in [-0.1, -0.05) is 137 Å². The molecule has 64 heavy (non-hydrogen) atoms. The van der Waals surface area contributed by atoms with Crippen LogP contribution in [-0.2, 0) is 0 Å². The Morgan fingerprint density at radius 1 is 0.281 bits per heavy atom. The third-order valence-electron chi connectivity index (χ3n) is 10.7. The van der Waals surface area contributed by atoms with Crippen LogP contribution in [0.5, 0.6) is 0 Å². The number of pyridine rings is 2. The van der Waals surface area contributed by atoms with Gasteiger partial charge in [-0.25, -0.2) is 17.6 Å². The average molecular weight is 865 g/mol. The van der Waals surface area contributed by atoms with Gasteiger partial charge in [0.15, 0.2) is 23.3 Å². The average Bonchev–Trinajstić information content (AvgIpc) is 3.33. The molecule has 0 amide bonds. The lowest BCUT2D eigenvalue weighted by Crippen LogP contribution is -2.02. The molecule has 0 saturated heterocycles. The number of fused-ring (bicyclic) bond motifs is 4. The number of hydrogen-bond donors (Lipinski definition) is 0. The molecule has 0 bridgehead atoms. The molecule has 0 aliphatic rings. The van der Waals surface area contributed by atoms with Crippen LogP contribution in [0.3, 0.4) is 0 Å². The van der Waals surface area contributed by atoms with Crippen molar-refractivity contribution < 1.29 is 17.6 Å². The summed E-state index contributed by atoms with van der Waals surface area (Å²) >= 11 is 0. The topological polar surface area (TPSA) is 25.8 Å². The molecule has 0 aliphatic heterocycles. The lowest BCUT2D eigenvalue weighted by Gasteiger charge is -2.11. The van der Waals surface area contributed by atoms with E-state index in [4.69, 9.17) is 0 Å². The van der Waals surface area contributed by atoms with Crippen molar-refractivity contribution in [1.29, 1.82) is 0 Å². The van der Waals surface area contributed by atoms with Crippen molar-refractivity contribution in [2.24, 2.45) is 0 Å². The number of aryl methyl sites for hydroxylation is 8. The fraction of sp³-hybridized carbons (Fsp3) is 0.241. The van der Waals surface area contributed by atoms with E-state index < -0.39 is 34.4 Å². The van der Waals surface area contributed by atoms with E-state index in [1.54, 1.807) is 0 Å². The van der Waals surface area contributed by atoms with Crippen molar-refractivity contribution in [3.05, 3.63) is 213 Å². The van der Waals surface area contributed by atoms with Gasteiger partial charge in [0.1, 0.15) is 0 Å². The Bertz CT molecular complexity index is 2420. The van der Waals surface area contributed by atoms with Crippen LogP contribution >= 0.6 is 0 Å². The molecule has 9 rings (SSSR count). The standard InChI is InChI=1S/2C16H14.C8H6F4.2C7H9N.2C2H6/c2*1-11-13-7-3-5-9-15(13)12(2)16-10-6-4-8-14(11)16;1-3-5(9)7(11)4(2)8(12)6(3)10;1-6-3-4-7(2)8-5-6;1-6-4-3-5-7(2)8-6;2*1-2/h2*3-10H,1-2H3;1-2H3;2*3-5H,1-2H3;2*1-2H3. The van der Waals surface area contributed by atoms with E-state index in [0.29, 0.717) is 0 Å². The third kappa shape index (κ3) is 12.8. The van der Waals surface area contributed by atoms with Crippen molar-refractivity contribution in [3.8, 4) is 0 Å². The summed E-state index contributed by atoms with van der Waals surface area (Å²) in [5, 5.41) is 11.0. The van der Waals surface area contributed by atoms with Crippen LogP contribution in [-0.4, -0.2) is 9.97 Å². The molecule has 0 fully saturated rings. The zero-order chi connectivity index (χ0) is 47.7. The normalized spacial score (nSPS) is 10.0. The molecular weight excluding hydrogens is 801 g/mol. The molecule has 0 spiro atoms. The van der Waals surface area contributed by atoms with Crippen LogP contribution in [0.25, 0.3) is 43.1 Å². The lowest BCUT2D eigenvalue weighted by atomic mass is 9.93. The number of nitrogens with zero attached hydrogens (tertiary/aromatic N) is 2. The summed E-state index contributed by atoms with van der Waals surface area (Å²) in [5.74, 6) is -5.31. The van der Waals surface area contributed by atoms with Gasteiger partial charge in [-0.05, 0) is 158 Å². The van der Waals surface area contributed by atoms with Crippen LogP contribution < -0.4 is 0 Å². The van der Waals surface area contributed by atoms with E-state index in [2.05, 4.69) is 141 Å². The predicted molar refractivity (Wildman–Crippen MR) is 268 cm³/mol. The van der Waals surface area contributed by atoms with E-state index >= 15 is 0 Å². The minimum absolute atomic E-state index is 0.629. The Labute approximate surface area is 379 Å². The van der Waals surface area contributed by atoms with Gasteiger partial charge in [0, 0.05) is 34.4 Å². The van der Waals surface area contributed by atoms with Crippen molar-refractivity contribution in [2.45, 2.75) is 96.9 Å². The highest BCUT2D eigenvalue weighted by Gasteiger charge is 2.19. The maximum absolute atomic E-state index is 12.7. The number of aromatic nitrogens is 2. The molecule has 0 unspecified atom stereocenters. The maximum Gasteiger partial charge on any atom is 0.165 e. The van der Waals surface area contributed by atoms with Crippen molar-refractivity contribution >= 4 is 43.1 Å². The van der Waals surface area contributed by atoms with E-state index in [-0.39, 0.29) is 0 Å². The Morgan fingerprint density at radius 3 is 0.703 bits per heavy atom. The summed E-state index contributed by atoms with van der Waals surface area (Å²) in [4.78, 5) is 8.25. The van der Waals surface area contributed by atoms with Crippen LogP contribution in [0.1, 0.15) is 83.7 Å². The molecule has 0 atom stereocenters. The summed E-state index contributed by atoms with van der Waals surface area (Å²) in [7, 11) is 0. The number of benzene rings is 7. The SMILES string of the molecule is CC.CC.Cc1c(F)c(F)c(C)c(F)c1F.Cc1c2ccccc2c(C)c2ccccc12.Cc1c2ccccc2c(C)c2ccccc12.Cc1ccc(C)nc1.Cc1cccc(C)n1. The van der Waals surface area contributed by atoms with E-state index in [9.17, 15) is 17.6 Å². The van der Waals surface area contributed by atoms with Crippen molar-refractivity contribution in [2.75, 3.05) is 0 Å². The number of halogens is 4. The molecule has 2 aromatic heterocycles. The molecule has 7 aromatic carbocycles. The van der Waals surface area contributed by atoms with Crippen LogP contribution in [0.15, 0.2) is 134 Å². The molecule has 0 radical (unpaired) electrons. The highest BCUT2D eigenvalue weighted by Crippen LogP contribution is 2.33. The first-order valence-corrected chi connectivity index (χ1v) is 21.9. The van der Waals surface area contributed by atoms with Gasteiger partial charge < -0.3 is 0 Å². The molecular formula is C58H64F4N2. The van der Waals surface area contributed by atoms with Gasteiger partial charge in [-0.3, -0.25) is 9.97 Å². The predicted octanol–water partition coefficient (Wildman–Crippen LogP) is 17.5. The molecule has 9 aromatic rings. The summed E-state index contributed by atoms with van der Waals surface area (Å²) in [6.07, 6.45) is 1.87. The fourth-order valence-corrected chi connectivity index (χ4v) is 7.20. The first kappa shape index (κ1) is 51.9. The highest BCUT2D eigenvalue weighted by molar-refractivity contribution is 6.06. The number of hydrogen-bond acceptors (Lipinski definition) is 2. The summed E-state index contributed by atoms with van der Waals surface area (Å²) in [5.41, 5.74) is 8.76. The minimum atomic E-state index is -1.33. The van der Waals surface area contributed by atoms with Crippen LogP contribution in [0, 0.1) is 92.5 Å². The third-order valence-corrected chi connectivity index (χ3v) is 10.7. The second-order valence-electron chi connectivity index (χ2n) is 15.1. The summed E-state index contributed by atoms with van der Waals surface area (Å²) in [6, 6.07) is 44.7. The Kier molecular flexibility index (Phi) is 20.3. The zero-order valence-electron chi connectivity index (χ0n) is 40.1. The summed E-state index contributed by atoms with van der Waals surface area (Å²) < 4.78 is 50.6. The van der Waals surface area contributed by atoms with Gasteiger partial charge in [-0.2, -0.15) is 0 Å². The second kappa shape index (κ2) is 25.0. The lowest BCUT2D eigenvalue weighted by molar-refractivity contribution is 0.436. The van der Waals surface area contributed by atoms with Gasteiger partial charge >= 0.3 is 0 Å². The molecule has 0 saturated carbocycles. The monoisotopic (exact) mass is 865 g/mol. The largest absolute Gasteiger partial charge is 0.261 e. The minimum Gasteiger partial charge on any atom is -0.261 e. The highest BCUT2D eigenvalue weighted by atomic mass is 19.2. The Morgan fingerprint density at radius 2 is 0.531 bits per heavy atom. The van der Waals surface area contributed by atoms with Gasteiger partial charge in [0.2, 0.25) is 0 Å². The van der Waals surface area contributed by atoms with Crippen LogP contribution in [0.4, 0.5) is 17.6 Å². The van der Waals surface area contributed by atoms with Crippen molar-refractivity contribution in [3.63, 3.8) is 0 Å². The second-order valence-corrected chi connectivity index (χ2v) is 15.1. The van der Waals surface area contributed by atoms with E-state index in [0.717, 1.165) is 30.9 Å². The maximum atomic E-state index is 12.7. The Balaban J connectivity index is 0.000000214. The van der Waals surface area contributed by atoms with Crippen molar-refractivity contribution in [1.82, 2.24) is 9.97 Å². The van der Waals surface area contributed by atoms with Gasteiger partial charge in [-0.15, -0.1) is 0 Å². The first-order valence-electron chi connectivity index (χ1n) is 21.9. The molecule has 0 N–H and O–H groups in total. The molecule has 6 heteroatoms. The first-order chi connectivity index (χ1) is 30.6. The quantitative estimate of drug-likeness (QED) is 0.0862. The molecule has 2 heterocycles. The number of rotatable bonds is 0. The smallest absolute Gasteiger partial charge is 0.165 e. The Hall–Kier alpha value is -6.40. The van der Waals surface area contributed by atoms with E-state index in [1.165, 1.54) is 70.9 Å². The summed E-state index contributed by atoms with van der Waals surface area (Å²) in [6.45, 7) is 26.8. The van der Waals surface area contributed by atoms with Gasteiger partial charge in [0.25, 0.3) is 0 Å². The van der Waals surface area contributed by atoms with E-state index in [1.807, 2.05) is 85.9 Å². The van der Waals surface area contributed by atoms with Gasteiger partial charge in [0.05, 0.1) is 0 Å². The molecule has 0 aliphatic carbocycles. The molecule has 334 valence electrons. The zero-order valence-corrected chi connectivity index (χ0v) is 40.1. The molecule has 2 nitrogen and oxygen atoms in total.